The van der Waals surface area contributed by atoms with Crippen LogP contribution in [0.2, 0.25) is 0 Å². The number of nitrogens with zero attached hydrogens (tertiary/aromatic N) is 4. The molecule has 1 unspecified atom stereocenters. The largest absolute Gasteiger partial charge is 0.472 e. The van der Waals surface area contributed by atoms with E-state index in [1.54, 1.807) is 18.6 Å². The molecule has 0 aliphatic carbocycles. The number of aromatic nitrogens is 4. The number of nitrogens with one attached hydrogen (secondary N) is 2. The molecule has 2 fully saturated rings. The third kappa shape index (κ3) is 3.21. The van der Waals surface area contributed by atoms with E-state index in [2.05, 4.69) is 31.0 Å². The van der Waals surface area contributed by atoms with Crippen LogP contribution in [0.15, 0.2) is 23.0 Å². The van der Waals surface area contributed by atoms with Crippen LogP contribution in [-0.4, -0.2) is 49.5 Å². The van der Waals surface area contributed by atoms with Crippen LogP contribution in [0.4, 0.5) is 4.79 Å². The first kappa shape index (κ1) is 15.4. The first-order valence-corrected chi connectivity index (χ1v) is 9.12. The molecular formula is C15H18N6O2S. The molecule has 0 bridgehead atoms. The fraction of sp³-hybridized carbons (Fsp3) is 0.533. The van der Waals surface area contributed by atoms with Gasteiger partial charge in [-0.25, -0.2) is 4.79 Å². The Morgan fingerprint density at radius 3 is 2.88 bits per heavy atom. The Morgan fingerprint density at radius 2 is 2.08 bits per heavy atom. The van der Waals surface area contributed by atoms with E-state index in [9.17, 15) is 4.79 Å². The van der Waals surface area contributed by atoms with Gasteiger partial charge in [-0.1, -0.05) is 6.42 Å². The van der Waals surface area contributed by atoms with Crippen LogP contribution in [0.1, 0.15) is 25.1 Å². The summed E-state index contributed by atoms with van der Waals surface area (Å²) in [7, 11) is 0. The highest BCUT2D eigenvalue weighted by Crippen LogP contribution is 2.33. The third-order valence-corrected chi connectivity index (χ3v) is 5.89. The highest BCUT2D eigenvalue weighted by Gasteiger charge is 2.42. The summed E-state index contributed by atoms with van der Waals surface area (Å²) in [6.07, 6.45) is 7.05. The van der Waals surface area contributed by atoms with E-state index in [0.717, 1.165) is 37.0 Å². The minimum absolute atomic E-state index is 0.0291. The van der Waals surface area contributed by atoms with Gasteiger partial charge >= 0.3 is 6.03 Å². The number of amides is 2. The Hall–Kier alpha value is -2.16. The first-order valence-electron chi connectivity index (χ1n) is 8.07. The Morgan fingerprint density at radius 1 is 1.21 bits per heavy atom. The number of hydrogen-bond donors (Lipinski definition) is 2. The molecule has 0 radical (unpaired) electrons. The van der Waals surface area contributed by atoms with E-state index < -0.39 is 0 Å². The number of thioether (sulfide) groups is 1. The molecule has 0 spiro atoms. The van der Waals surface area contributed by atoms with Crippen LogP contribution in [0, 0.1) is 0 Å². The maximum absolute atomic E-state index is 11.4. The van der Waals surface area contributed by atoms with E-state index in [0.29, 0.717) is 22.9 Å². The van der Waals surface area contributed by atoms with E-state index >= 15 is 0 Å². The molecular weight excluding hydrogens is 328 g/mol. The van der Waals surface area contributed by atoms with Crippen LogP contribution >= 0.6 is 11.8 Å². The summed E-state index contributed by atoms with van der Waals surface area (Å²) < 4.78 is 5.00. The lowest BCUT2D eigenvalue weighted by Crippen LogP contribution is -2.36. The molecule has 0 saturated carbocycles. The Labute approximate surface area is 143 Å². The standard InChI is InChI=1S/C15H18N6O2S/c22-15-16-10-8-24-11(13(10)17-15)3-1-2-4-12-18-20-14(21-19-12)9-5-6-23-7-9/h5-7,10-11,13H,1-4,8H2,(H2,16,17,22)/t10-,11?,13-/m0/s1. The molecule has 2 aliphatic rings. The van der Waals surface area contributed by atoms with E-state index in [1.165, 1.54) is 0 Å². The second kappa shape index (κ2) is 6.76. The van der Waals surface area contributed by atoms with Crippen molar-refractivity contribution in [2.75, 3.05) is 5.75 Å². The van der Waals surface area contributed by atoms with Gasteiger partial charge in [0.15, 0.2) is 5.82 Å². The van der Waals surface area contributed by atoms with Crippen molar-refractivity contribution in [2.45, 2.75) is 43.0 Å². The molecule has 2 amide bonds. The van der Waals surface area contributed by atoms with Gasteiger partial charge in [0.25, 0.3) is 0 Å². The van der Waals surface area contributed by atoms with Crippen molar-refractivity contribution in [3.05, 3.63) is 24.4 Å². The van der Waals surface area contributed by atoms with Crippen LogP contribution < -0.4 is 10.6 Å². The van der Waals surface area contributed by atoms with Gasteiger partial charge in [0.2, 0.25) is 5.82 Å². The van der Waals surface area contributed by atoms with Crippen molar-refractivity contribution in [1.29, 1.82) is 0 Å². The van der Waals surface area contributed by atoms with Gasteiger partial charge in [-0.15, -0.1) is 20.4 Å². The quantitative estimate of drug-likeness (QED) is 0.601. The number of unbranched alkanes of at least 4 members (excludes halogenated alkanes) is 1. The average Bonchev–Trinajstić information content (AvgIpc) is 3.30. The fourth-order valence-electron chi connectivity index (χ4n) is 3.13. The number of rotatable bonds is 6. The minimum atomic E-state index is -0.0291. The summed E-state index contributed by atoms with van der Waals surface area (Å²) in [5.74, 6) is 2.14. The zero-order valence-corrected chi connectivity index (χ0v) is 13.8. The van der Waals surface area contributed by atoms with Crippen molar-refractivity contribution in [3.63, 3.8) is 0 Å². The number of carbonyl (C=O) groups is 1. The smallest absolute Gasteiger partial charge is 0.315 e. The molecule has 4 heterocycles. The van der Waals surface area contributed by atoms with Crippen molar-refractivity contribution in [1.82, 2.24) is 31.0 Å². The molecule has 2 aromatic rings. The van der Waals surface area contributed by atoms with E-state index in [1.807, 2.05) is 11.8 Å². The van der Waals surface area contributed by atoms with Gasteiger partial charge < -0.3 is 15.1 Å². The lowest BCUT2D eigenvalue weighted by atomic mass is 10.0. The lowest BCUT2D eigenvalue weighted by molar-refractivity contribution is 0.247. The molecule has 9 heteroatoms. The molecule has 8 nitrogen and oxygen atoms in total. The molecule has 0 aromatic carbocycles. The highest BCUT2D eigenvalue weighted by atomic mass is 32.2. The van der Waals surface area contributed by atoms with Crippen molar-refractivity contribution < 1.29 is 9.21 Å². The number of aryl methyl sites for hydroxylation is 1. The Bertz CT molecular complexity index is 692. The van der Waals surface area contributed by atoms with E-state index in [-0.39, 0.29) is 12.1 Å². The van der Waals surface area contributed by atoms with Gasteiger partial charge in [-0.05, 0) is 18.9 Å². The lowest BCUT2D eigenvalue weighted by Gasteiger charge is -2.16. The van der Waals surface area contributed by atoms with Crippen LogP contribution in [0.5, 0.6) is 0 Å². The van der Waals surface area contributed by atoms with Crippen LogP contribution in [0.25, 0.3) is 11.4 Å². The minimum Gasteiger partial charge on any atom is -0.472 e. The summed E-state index contributed by atoms with van der Waals surface area (Å²) in [5.41, 5.74) is 0.779. The number of fused-ring (bicyclic) bond motifs is 1. The van der Waals surface area contributed by atoms with Crippen LogP contribution in [-0.2, 0) is 6.42 Å². The van der Waals surface area contributed by atoms with Crippen molar-refractivity contribution in [3.8, 4) is 11.4 Å². The SMILES string of the molecule is O=C1N[C@H]2CSC(CCCCc3nnc(-c4ccoc4)nn3)[C@H]2N1. The summed E-state index contributed by atoms with van der Waals surface area (Å²) >= 11 is 1.94. The molecule has 126 valence electrons. The zero-order valence-electron chi connectivity index (χ0n) is 13.0. The Kier molecular flexibility index (Phi) is 4.33. The maximum atomic E-state index is 11.4. The second-order valence-electron chi connectivity index (χ2n) is 6.02. The molecule has 2 N–H and O–H groups in total. The van der Waals surface area contributed by atoms with Crippen molar-refractivity contribution in [2.24, 2.45) is 0 Å². The predicted octanol–water partition coefficient (Wildman–Crippen LogP) is 1.40. The van der Waals surface area contributed by atoms with Gasteiger partial charge in [0.1, 0.15) is 6.26 Å². The predicted molar refractivity (Wildman–Crippen MR) is 88.4 cm³/mol. The summed E-state index contributed by atoms with van der Waals surface area (Å²) in [4.78, 5) is 11.4. The molecule has 4 rings (SSSR count). The monoisotopic (exact) mass is 346 g/mol. The molecule has 3 atom stereocenters. The van der Waals surface area contributed by atoms with Gasteiger partial charge in [0.05, 0.1) is 23.9 Å². The highest BCUT2D eigenvalue weighted by molar-refractivity contribution is 8.00. The number of urea groups is 1. The number of carbonyl (C=O) groups excluding carboxylic acids is 1. The molecule has 2 saturated heterocycles. The summed E-state index contributed by atoms with van der Waals surface area (Å²) in [5, 5.41) is 22.9. The summed E-state index contributed by atoms with van der Waals surface area (Å²) in [6.45, 7) is 0. The van der Waals surface area contributed by atoms with Crippen molar-refractivity contribution >= 4 is 17.8 Å². The number of furan rings is 1. The first-order chi connectivity index (χ1) is 11.8. The normalized spacial score (nSPS) is 25.3. The summed E-state index contributed by atoms with van der Waals surface area (Å²) in [6, 6.07) is 2.32. The van der Waals surface area contributed by atoms with Gasteiger partial charge in [0, 0.05) is 17.4 Å². The average molecular weight is 346 g/mol. The van der Waals surface area contributed by atoms with Gasteiger partial charge in [-0.3, -0.25) is 0 Å². The molecule has 24 heavy (non-hydrogen) atoms. The topological polar surface area (TPSA) is 106 Å². The van der Waals surface area contributed by atoms with E-state index in [4.69, 9.17) is 4.42 Å². The zero-order chi connectivity index (χ0) is 16.4. The molecule has 2 aliphatic heterocycles. The van der Waals surface area contributed by atoms with Gasteiger partial charge in [-0.2, -0.15) is 11.8 Å². The molecule has 2 aromatic heterocycles. The Balaban J connectivity index is 1.22. The fourth-order valence-corrected chi connectivity index (χ4v) is 4.67. The maximum Gasteiger partial charge on any atom is 0.315 e. The van der Waals surface area contributed by atoms with Crippen LogP contribution in [0.3, 0.4) is 0 Å². The third-order valence-electron chi connectivity index (χ3n) is 4.38. The second-order valence-corrected chi connectivity index (χ2v) is 7.29. The number of hydrogen-bond acceptors (Lipinski definition) is 7.